The summed E-state index contributed by atoms with van der Waals surface area (Å²) in [6, 6.07) is 42.5. The van der Waals surface area contributed by atoms with Gasteiger partial charge in [0.1, 0.15) is 0 Å². The highest BCUT2D eigenvalue weighted by atomic mass is 32.1. The van der Waals surface area contributed by atoms with Gasteiger partial charge in [0.2, 0.25) is 0 Å². The minimum Gasteiger partial charge on any atom is -0.382 e. The largest absolute Gasteiger partial charge is 0.382 e. The van der Waals surface area contributed by atoms with E-state index >= 15 is 0 Å². The van der Waals surface area contributed by atoms with Crippen LogP contribution in [0.3, 0.4) is 0 Å². The third-order valence-corrected chi connectivity index (χ3v) is 11.3. The Hall–Kier alpha value is -5.20. The van der Waals surface area contributed by atoms with E-state index in [1.165, 1.54) is 47.5 Å². The number of nitrogens with two attached hydrogens (primary N) is 2. The van der Waals surface area contributed by atoms with E-state index in [-0.39, 0.29) is 0 Å². The van der Waals surface area contributed by atoms with Crippen molar-refractivity contribution in [3.8, 4) is 0 Å². The molecule has 5 heteroatoms. The Labute approximate surface area is 283 Å². The molecule has 2 atom stereocenters. The maximum atomic E-state index is 7.52. The Morgan fingerprint density at radius 2 is 1.48 bits per heavy atom. The highest BCUT2D eigenvalue weighted by Crippen LogP contribution is 2.43. The summed E-state index contributed by atoms with van der Waals surface area (Å²) in [6.07, 6.45) is 9.01. The number of aromatic nitrogens is 1. The average Bonchev–Trinajstić information content (AvgIpc) is 3.72. The number of anilines is 1. The summed E-state index contributed by atoms with van der Waals surface area (Å²) in [5.41, 5.74) is 21.6. The number of thiophene rings is 1. The molecule has 9 rings (SSSR count). The minimum absolute atomic E-state index is 0.448. The van der Waals surface area contributed by atoms with Crippen molar-refractivity contribution < 1.29 is 0 Å². The second kappa shape index (κ2) is 11.5. The van der Waals surface area contributed by atoms with E-state index in [1.54, 1.807) is 0 Å². The van der Waals surface area contributed by atoms with Gasteiger partial charge in [-0.25, -0.2) is 0 Å². The van der Waals surface area contributed by atoms with E-state index in [9.17, 15) is 0 Å². The fraction of sp³-hybridized carbons (Fsp3) is 0.116. The molecule has 1 unspecified atom stereocenters. The van der Waals surface area contributed by atoms with Crippen LogP contribution in [0.1, 0.15) is 35.6 Å². The lowest BCUT2D eigenvalue weighted by molar-refractivity contribution is 0.380. The molecule has 6 aromatic carbocycles. The summed E-state index contributed by atoms with van der Waals surface area (Å²) in [7, 11) is 0. The van der Waals surface area contributed by atoms with Crippen molar-refractivity contribution in [1.82, 2.24) is 4.98 Å². The maximum absolute atomic E-state index is 7.52. The molecule has 234 valence electrons. The molecule has 0 aliphatic heterocycles. The zero-order valence-corrected chi connectivity index (χ0v) is 27.4. The number of H-pyrrole nitrogens is 1. The van der Waals surface area contributed by atoms with E-state index in [4.69, 9.17) is 11.5 Å². The van der Waals surface area contributed by atoms with E-state index in [1.807, 2.05) is 29.5 Å². The number of fused-ring (bicyclic) bond motifs is 8. The molecular formula is C43H36N4S. The van der Waals surface area contributed by atoms with Crippen LogP contribution in [-0.4, -0.2) is 11.5 Å². The van der Waals surface area contributed by atoms with Gasteiger partial charge in [-0.2, -0.15) is 0 Å². The van der Waals surface area contributed by atoms with E-state index < -0.39 is 11.6 Å². The number of aromatic amines is 1. The predicted octanol–water partition coefficient (Wildman–Crippen LogP) is 10.5. The van der Waals surface area contributed by atoms with Gasteiger partial charge < -0.3 is 21.8 Å². The Morgan fingerprint density at radius 3 is 2.33 bits per heavy atom. The number of rotatable bonds is 7. The van der Waals surface area contributed by atoms with Crippen LogP contribution in [0, 0.1) is 0 Å². The van der Waals surface area contributed by atoms with Gasteiger partial charge in [0, 0.05) is 59.8 Å². The minimum atomic E-state index is -0.905. The molecule has 0 amide bonds. The van der Waals surface area contributed by atoms with Crippen molar-refractivity contribution in [2.24, 2.45) is 11.5 Å². The highest BCUT2D eigenvalue weighted by molar-refractivity contribution is 7.26. The second-order valence-electron chi connectivity index (χ2n) is 13.0. The molecule has 0 radical (unpaired) electrons. The SMILES string of the molecule is NC(c1ccc2[nH]c3ccccc3c2c1)[C@@](N)(CNc1ccc2c(ccc3sc4ccccc4c32)c1C1=CCCC=C1)c1ccccc1. The first-order valence-electron chi connectivity index (χ1n) is 16.7. The molecule has 48 heavy (non-hydrogen) atoms. The molecule has 2 aromatic heterocycles. The lowest BCUT2D eigenvalue weighted by Crippen LogP contribution is -2.51. The number of benzene rings is 6. The molecule has 0 bridgehead atoms. The zero-order valence-electron chi connectivity index (χ0n) is 26.5. The van der Waals surface area contributed by atoms with Crippen molar-refractivity contribution >= 4 is 75.3 Å². The summed E-state index contributed by atoms with van der Waals surface area (Å²) in [4.78, 5) is 3.54. The van der Waals surface area contributed by atoms with Crippen LogP contribution >= 0.6 is 11.3 Å². The Balaban J connectivity index is 1.16. The van der Waals surface area contributed by atoms with Gasteiger partial charge in [0.25, 0.3) is 0 Å². The van der Waals surface area contributed by atoms with Crippen molar-refractivity contribution in [1.29, 1.82) is 0 Å². The van der Waals surface area contributed by atoms with Crippen LogP contribution < -0.4 is 16.8 Å². The molecule has 2 heterocycles. The molecule has 0 fully saturated rings. The van der Waals surface area contributed by atoms with Crippen LogP contribution in [0.25, 0.3) is 58.3 Å². The van der Waals surface area contributed by atoms with Crippen molar-refractivity contribution in [2.75, 3.05) is 11.9 Å². The zero-order chi connectivity index (χ0) is 32.2. The maximum Gasteiger partial charge on any atom is 0.0780 e. The first-order valence-corrected chi connectivity index (χ1v) is 17.5. The number of nitrogens with one attached hydrogen (secondary N) is 2. The monoisotopic (exact) mass is 640 g/mol. The third-order valence-electron chi connectivity index (χ3n) is 10.1. The first kappa shape index (κ1) is 29.0. The Bertz CT molecular complexity index is 2560. The Morgan fingerprint density at radius 1 is 0.708 bits per heavy atom. The Kier molecular flexibility index (Phi) is 6.94. The second-order valence-corrected chi connectivity index (χ2v) is 14.1. The van der Waals surface area contributed by atoms with Crippen LogP contribution in [0.15, 0.2) is 140 Å². The van der Waals surface area contributed by atoms with Crippen molar-refractivity contribution in [3.05, 3.63) is 156 Å². The molecule has 4 nitrogen and oxygen atoms in total. The lowest BCUT2D eigenvalue weighted by atomic mass is 9.80. The molecule has 1 aliphatic carbocycles. The number of para-hydroxylation sites is 1. The normalized spacial score (nSPS) is 15.3. The molecule has 0 saturated heterocycles. The van der Waals surface area contributed by atoms with Gasteiger partial charge in [-0.15, -0.1) is 11.3 Å². The average molecular weight is 641 g/mol. The van der Waals surface area contributed by atoms with Gasteiger partial charge in [0.15, 0.2) is 0 Å². The summed E-state index contributed by atoms with van der Waals surface area (Å²) >= 11 is 1.86. The molecule has 8 aromatic rings. The van der Waals surface area contributed by atoms with Crippen molar-refractivity contribution in [3.63, 3.8) is 0 Å². The molecule has 0 spiro atoms. The number of hydrogen-bond donors (Lipinski definition) is 4. The van der Waals surface area contributed by atoms with E-state index in [0.717, 1.165) is 46.1 Å². The summed E-state index contributed by atoms with van der Waals surface area (Å²) in [6.45, 7) is 0.448. The number of allylic oxidation sites excluding steroid dienone is 4. The molecule has 0 saturated carbocycles. The molecule has 1 aliphatic rings. The predicted molar refractivity (Wildman–Crippen MR) is 207 cm³/mol. The quantitative estimate of drug-likeness (QED) is 0.140. The first-order chi connectivity index (χ1) is 23.6. The van der Waals surface area contributed by atoms with Crippen molar-refractivity contribution in [2.45, 2.75) is 24.4 Å². The summed E-state index contributed by atoms with van der Waals surface area (Å²) in [5, 5.41) is 11.3. The van der Waals surface area contributed by atoms with Crippen LogP contribution in [0.4, 0.5) is 5.69 Å². The van der Waals surface area contributed by atoms with E-state index in [0.29, 0.717) is 6.54 Å². The summed E-state index contributed by atoms with van der Waals surface area (Å²) in [5.74, 6) is 0. The lowest BCUT2D eigenvalue weighted by Gasteiger charge is -2.37. The van der Waals surface area contributed by atoms with Crippen LogP contribution in [-0.2, 0) is 5.54 Å². The van der Waals surface area contributed by atoms with Crippen LogP contribution in [0.2, 0.25) is 0 Å². The highest BCUT2D eigenvalue weighted by Gasteiger charge is 2.36. The molecular weight excluding hydrogens is 605 g/mol. The van der Waals surface area contributed by atoms with Gasteiger partial charge in [-0.3, -0.25) is 0 Å². The van der Waals surface area contributed by atoms with Crippen LogP contribution in [0.5, 0.6) is 0 Å². The van der Waals surface area contributed by atoms with Gasteiger partial charge in [0.05, 0.1) is 11.6 Å². The molecule has 6 N–H and O–H groups in total. The fourth-order valence-electron chi connectivity index (χ4n) is 7.62. The van der Waals surface area contributed by atoms with Gasteiger partial charge in [-0.1, -0.05) is 103 Å². The number of hydrogen-bond acceptors (Lipinski definition) is 4. The third kappa shape index (κ3) is 4.66. The smallest absolute Gasteiger partial charge is 0.0780 e. The topological polar surface area (TPSA) is 79.9 Å². The standard InChI is InChI=1S/C43H36N4S/c44-42(28-19-22-36-34(25-28)30-15-7-9-17-35(30)47-36)43(45,29-13-5-2-6-14-29)26-46-37-23-20-32-31(40(37)27-11-3-1-4-12-27)21-24-39-41(32)33-16-8-10-18-38(33)48-39/h2-3,5-25,42,46-47H,1,4,26,44-45H2/t42?,43-/m1/s1. The van der Waals surface area contributed by atoms with Gasteiger partial charge in [-0.05, 0) is 76.7 Å². The van der Waals surface area contributed by atoms with Gasteiger partial charge >= 0.3 is 0 Å². The van der Waals surface area contributed by atoms with E-state index in [2.05, 4.69) is 132 Å². The fourth-order valence-corrected chi connectivity index (χ4v) is 8.75. The summed E-state index contributed by atoms with van der Waals surface area (Å²) < 4.78 is 2.63.